The maximum Gasteiger partial charge on any atom is 0.305 e. The number of ether oxygens (including phenoxy) is 3. The normalized spacial score (nSPS) is 36.5. The van der Waals surface area contributed by atoms with Crippen molar-refractivity contribution in [1.29, 1.82) is 0 Å². The van der Waals surface area contributed by atoms with Crippen LogP contribution in [0, 0.1) is 0 Å². The smallest absolute Gasteiger partial charge is 0.305 e. The SMILES string of the molecule is C[C@@]12CCO[C@@](/C=C/c3ccccc3)(OC1)O2. The molecule has 3 rings (SSSR count). The first kappa shape index (κ1) is 11.0. The van der Waals surface area contributed by atoms with Gasteiger partial charge >= 0.3 is 5.97 Å². The zero-order chi connectivity index (χ0) is 11.8. The molecule has 0 saturated carbocycles. The second kappa shape index (κ2) is 3.95. The third-order valence-electron chi connectivity index (χ3n) is 3.18. The Kier molecular flexibility index (Phi) is 2.54. The summed E-state index contributed by atoms with van der Waals surface area (Å²) < 4.78 is 17.1. The summed E-state index contributed by atoms with van der Waals surface area (Å²) >= 11 is 0. The highest BCUT2D eigenvalue weighted by Gasteiger charge is 2.51. The molecule has 2 heterocycles. The molecule has 0 N–H and O–H groups in total. The van der Waals surface area contributed by atoms with Crippen LogP contribution in [-0.4, -0.2) is 24.8 Å². The van der Waals surface area contributed by atoms with E-state index in [4.69, 9.17) is 14.2 Å². The molecule has 0 aliphatic carbocycles. The quantitative estimate of drug-likeness (QED) is 0.784. The van der Waals surface area contributed by atoms with Crippen molar-refractivity contribution in [3.05, 3.63) is 42.0 Å². The molecule has 1 aromatic rings. The second-order valence-corrected chi connectivity index (χ2v) is 4.79. The van der Waals surface area contributed by atoms with Gasteiger partial charge in [-0.15, -0.1) is 0 Å². The van der Waals surface area contributed by atoms with Crippen LogP contribution in [0.25, 0.3) is 6.08 Å². The monoisotopic (exact) mass is 232 g/mol. The van der Waals surface area contributed by atoms with E-state index in [1.165, 1.54) is 0 Å². The zero-order valence-electron chi connectivity index (χ0n) is 9.89. The summed E-state index contributed by atoms with van der Waals surface area (Å²) in [5, 5.41) is 0. The summed E-state index contributed by atoms with van der Waals surface area (Å²) in [7, 11) is 0. The molecule has 3 nitrogen and oxygen atoms in total. The van der Waals surface area contributed by atoms with Crippen molar-refractivity contribution in [3.8, 4) is 0 Å². The van der Waals surface area contributed by atoms with Gasteiger partial charge in [-0.3, -0.25) is 0 Å². The molecule has 1 aromatic carbocycles. The Morgan fingerprint density at radius 2 is 2.00 bits per heavy atom. The van der Waals surface area contributed by atoms with Crippen LogP contribution >= 0.6 is 0 Å². The van der Waals surface area contributed by atoms with E-state index < -0.39 is 5.97 Å². The number of hydrogen-bond acceptors (Lipinski definition) is 3. The molecule has 2 aliphatic heterocycles. The van der Waals surface area contributed by atoms with Crippen LogP contribution in [0.4, 0.5) is 0 Å². The highest BCUT2D eigenvalue weighted by Crippen LogP contribution is 2.40. The van der Waals surface area contributed by atoms with Crippen LogP contribution in [0.2, 0.25) is 0 Å². The largest absolute Gasteiger partial charge is 0.324 e. The lowest BCUT2D eigenvalue weighted by Crippen LogP contribution is -2.42. The highest BCUT2D eigenvalue weighted by atomic mass is 16.9. The van der Waals surface area contributed by atoms with Crippen LogP contribution in [0.15, 0.2) is 36.4 Å². The number of hydrogen-bond donors (Lipinski definition) is 0. The maximum atomic E-state index is 5.86. The van der Waals surface area contributed by atoms with E-state index in [-0.39, 0.29) is 5.60 Å². The summed E-state index contributed by atoms with van der Waals surface area (Å²) in [5.74, 6) is -0.969. The van der Waals surface area contributed by atoms with Crippen LogP contribution in [0.5, 0.6) is 0 Å². The van der Waals surface area contributed by atoms with Crippen molar-refractivity contribution >= 4 is 6.08 Å². The van der Waals surface area contributed by atoms with E-state index in [1.807, 2.05) is 42.5 Å². The molecule has 2 bridgehead atoms. The first-order valence-electron chi connectivity index (χ1n) is 5.92. The van der Waals surface area contributed by atoms with Gasteiger partial charge in [0.2, 0.25) is 0 Å². The summed E-state index contributed by atoms with van der Waals surface area (Å²) in [6.45, 7) is 3.33. The minimum Gasteiger partial charge on any atom is -0.324 e. The Morgan fingerprint density at radius 3 is 2.82 bits per heavy atom. The first-order chi connectivity index (χ1) is 8.20. The van der Waals surface area contributed by atoms with Crippen molar-refractivity contribution in [3.63, 3.8) is 0 Å². The van der Waals surface area contributed by atoms with Crippen LogP contribution in [0.1, 0.15) is 18.9 Å². The van der Waals surface area contributed by atoms with E-state index >= 15 is 0 Å². The van der Waals surface area contributed by atoms with Crippen molar-refractivity contribution in [2.24, 2.45) is 0 Å². The number of rotatable bonds is 2. The van der Waals surface area contributed by atoms with Gasteiger partial charge in [-0.05, 0) is 12.5 Å². The predicted molar refractivity (Wildman–Crippen MR) is 64.2 cm³/mol. The molecule has 17 heavy (non-hydrogen) atoms. The Morgan fingerprint density at radius 1 is 1.18 bits per heavy atom. The average Bonchev–Trinajstić information content (AvgIpc) is 2.59. The topological polar surface area (TPSA) is 27.7 Å². The fourth-order valence-electron chi connectivity index (χ4n) is 2.15. The van der Waals surface area contributed by atoms with Crippen molar-refractivity contribution < 1.29 is 14.2 Å². The molecule has 0 amide bonds. The van der Waals surface area contributed by atoms with Gasteiger partial charge in [0.15, 0.2) is 0 Å². The molecule has 2 aliphatic rings. The minimum absolute atomic E-state index is 0.195. The summed E-state index contributed by atoms with van der Waals surface area (Å²) in [6, 6.07) is 10.1. The highest BCUT2D eigenvalue weighted by molar-refractivity contribution is 5.49. The van der Waals surface area contributed by atoms with Gasteiger partial charge < -0.3 is 14.2 Å². The maximum absolute atomic E-state index is 5.86. The Labute approximate surface area is 101 Å². The minimum atomic E-state index is -0.969. The molecular formula is C14H16O3. The molecule has 90 valence electrons. The van der Waals surface area contributed by atoms with Crippen molar-refractivity contribution in [2.75, 3.05) is 13.2 Å². The van der Waals surface area contributed by atoms with Gasteiger partial charge in [-0.1, -0.05) is 36.4 Å². The van der Waals surface area contributed by atoms with E-state index in [2.05, 4.69) is 6.92 Å². The molecule has 2 fully saturated rings. The Bertz CT molecular complexity index is 428. The average molecular weight is 232 g/mol. The Balaban J connectivity index is 1.79. The molecule has 0 aromatic heterocycles. The predicted octanol–water partition coefficient (Wildman–Crippen LogP) is 2.58. The lowest BCUT2D eigenvalue weighted by Gasteiger charge is -2.33. The molecule has 3 heteroatoms. The molecule has 0 unspecified atom stereocenters. The van der Waals surface area contributed by atoms with Gasteiger partial charge in [0.25, 0.3) is 0 Å². The fraction of sp³-hybridized carbons (Fsp3) is 0.429. The third-order valence-corrected chi connectivity index (χ3v) is 3.18. The van der Waals surface area contributed by atoms with Gasteiger partial charge in [0.1, 0.15) is 0 Å². The first-order valence-corrected chi connectivity index (χ1v) is 5.92. The van der Waals surface area contributed by atoms with Crippen LogP contribution in [-0.2, 0) is 14.2 Å². The summed E-state index contributed by atoms with van der Waals surface area (Å²) in [5.41, 5.74) is 0.913. The van der Waals surface area contributed by atoms with E-state index in [0.29, 0.717) is 13.2 Å². The fourth-order valence-corrected chi connectivity index (χ4v) is 2.15. The number of benzene rings is 1. The van der Waals surface area contributed by atoms with Gasteiger partial charge in [-0.25, -0.2) is 0 Å². The van der Waals surface area contributed by atoms with Crippen LogP contribution in [0.3, 0.4) is 0 Å². The van der Waals surface area contributed by atoms with E-state index in [9.17, 15) is 0 Å². The van der Waals surface area contributed by atoms with Gasteiger partial charge in [-0.2, -0.15) is 0 Å². The lowest BCUT2D eigenvalue weighted by atomic mass is 10.0. The number of fused-ring (bicyclic) bond motifs is 2. The van der Waals surface area contributed by atoms with Crippen molar-refractivity contribution in [2.45, 2.75) is 24.9 Å². The molecular weight excluding hydrogens is 216 g/mol. The zero-order valence-corrected chi connectivity index (χ0v) is 9.89. The summed E-state index contributed by atoms with van der Waals surface area (Å²) in [6.07, 6.45) is 4.71. The molecule has 2 saturated heterocycles. The van der Waals surface area contributed by atoms with Gasteiger partial charge in [0.05, 0.1) is 18.8 Å². The van der Waals surface area contributed by atoms with Gasteiger partial charge in [0, 0.05) is 12.5 Å². The standard InChI is InChI=1S/C14H16O3/c1-13-9-10-15-14(17-13,16-11-13)8-7-12-5-3-2-4-6-12/h2-8H,9-11H2,1H3/b8-7+/t13-,14+/m1/s1. The van der Waals surface area contributed by atoms with Crippen LogP contribution < -0.4 is 0 Å². The third kappa shape index (κ3) is 2.14. The van der Waals surface area contributed by atoms with Crippen molar-refractivity contribution in [1.82, 2.24) is 0 Å². The lowest BCUT2D eigenvalue weighted by molar-refractivity contribution is -0.335. The molecule has 2 atom stereocenters. The van der Waals surface area contributed by atoms with E-state index in [1.54, 1.807) is 0 Å². The molecule has 0 radical (unpaired) electrons. The summed E-state index contributed by atoms with van der Waals surface area (Å²) in [4.78, 5) is 0. The van der Waals surface area contributed by atoms with E-state index in [0.717, 1.165) is 12.0 Å². The second-order valence-electron chi connectivity index (χ2n) is 4.79. The Hall–Kier alpha value is -1.16. The molecule has 0 spiro atoms.